The van der Waals surface area contributed by atoms with Crippen molar-refractivity contribution in [3.63, 3.8) is 0 Å². The van der Waals surface area contributed by atoms with Gasteiger partial charge in [0, 0.05) is 18.1 Å². The summed E-state index contributed by atoms with van der Waals surface area (Å²) >= 11 is 0. The van der Waals surface area contributed by atoms with E-state index in [0.717, 1.165) is 0 Å². The van der Waals surface area contributed by atoms with Crippen LogP contribution in [0.4, 0.5) is 0 Å². The maximum absolute atomic E-state index is 2.41. The quantitative estimate of drug-likeness (QED) is 0.186. The van der Waals surface area contributed by atoms with Gasteiger partial charge in [-0.2, -0.15) is 0 Å². The lowest BCUT2D eigenvalue weighted by molar-refractivity contribution is -0.697. The van der Waals surface area contributed by atoms with Gasteiger partial charge in [0.15, 0.2) is 12.4 Å². The number of hydrogen-bond donors (Lipinski definition) is 0. The maximum Gasteiger partial charge on any atom is 0.171 e. The zero-order chi connectivity index (χ0) is 18.7. The Morgan fingerprint density at radius 3 is 1.69 bits per heavy atom. The number of aryl methyl sites for hydroxylation is 2. The molecule has 0 saturated carbocycles. The first-order valence-corrected chi connectivity index (χ1v) is 11.8. The van der Waals surface area contributed by atoms with Crippen LogP contribution in [-0.2, 0) is 13.0 Å². The third-order valence-corrected chi connectivity index (χ3v) is 5.51. The molecule has 1 rings (SSSR count). The molecule has 0 N–H and O–H groups in total. The molecule has 1 aromatic heterocycles. The predicted octanol–water partition coefficient (Wildman–Crippen LogP) is 7.80. The van der Waals surface area contributed by atoms with Crippen LogP contribution in [0.3, 0.4) is 0 Å². The zero-order valence-electron chi connectivity index (χ0n) is 18.0. The summed E-state index contributed by atoms with van der Waals surface area (Å²) in [6.45, 7) is 5.77. The smallest absolute Gasteiger partial charge is 0.171 e. The van der Waals surface area contributed by atoms with Crippen LogP contribution in [0.5, 0.6) is 0 Å². The summed E-state index contributed by atoms with van der Waals surface area (Å²) in [5.41, 5.74) is 1.52. The standard InChI is InChI=1S/C25H46N/c1-3-5-7-9-10-11-12-13-14-15-16-18-22-26-23-19-21-25(24-26)20-17-8-6-4-2/h19,21,23-24H,3-18,20,22H2,1-2H3/q+1. The molecule has 0 aliphatic rings. The average Bonchev–Trinajstić information content (AvgIpc) is 2.66. The van der Waals surface area contributed by atoms with Gasteiger partial charge in [-0.15, -0.1) is 0 Å². The van der Waals surface area contributed by atoms with E-state index in [2.05, 4.69) is 42.9 Å². The van der Waals surface area contributed by atoms with E-state index in [1.807, 2.05) is 0 Å². The second-order valence-corrected chi connectivity index (χ2v) is 8.15. The SMILES string of the molecule is CCCCCCCCCCCCCC[n+]1cccc(CCCCCC)c1. The van der Waals surface area contributed by atoms with Crippen molar-refractivity contribution in [3.8, 4) is 0 Å². The van der Waals surface area contributed by atoms with E-state index in [1.54, 1.807) is 0 Å². The van der Waals surface area contributed by atoms with Crippen LogP contribution in [0, 0.1) is 0 Å². The van der Waals surface area contributed by atoms with E-state index in [1.165, 1.54) is 121 Å². The van der Waals surface area contributed by atoms with Gasteiger partial charge in [-0.3, -0.25) is 0 Å². The first-order valence-electron chi connectivity index (χ1n) is 11.8. The Kier molecular flexibility index (Phi) is 15.7. The molecule has 0 aromatic carbocycles. The van der Waals surface area contributed by atoms with E-state index in [4.69, 9.17) is 0 Å². The van der Waals surface area contributed by atoms with Crippen LogP contribution >= 0.6 is 0 Å². The first kappa shape index (κ1) is 23.2. The number of pyridine rings is 1. The zero-order valence-corrected chi connectivity index (χ0v) is 18.0. The summed E-state index contributed by atoms with van der Waals surface area (Å²) in [4.78, 5) is 0. The van der Waals surface area contributed by atoms with Crippen molar-refractivity contribution in [2.24, 2.45) is 0 Å². The molecule has 1 nitrogen and oxygen atoms in total. The Hall–Kier alpha value is -0.850. The van der Waals surface area contributed by atoms with Gasteiger partial charge in [-0.1, -0.05) is 97.3 Å². The topological polar surface area (TPSA) is 3.88 Å². The van der Waals surface area contributed by atoms with Crippen molar-refractivity contribution in [1.29, 1.82) is 0 Å². The molecule has 0 aliphatic heterocycles. The van der Waals surface area contributed by atoms with Gasteiger partial charge in [0.2, 0.25) is 0 Å². The highest BCUT2D eigenvalue weighted by Gasteiger charge is 2.03. The molecule has 150 valence electrons. The molecule has 0 spiro atoms. The molecule has 0 amide bonds. The monoisotopic (exact) mass is 360 g/mol. The maximum atomic E-state index is 2.41. The minimum atomic E-state index is 1.19. The van der Waals surface area contributed by atoms with E-state index < -0.39 is 0 Å². The Morgan fingerprint density at radius 2 is 1.12 bits per heavy atom. The number of rotatable bonds is 18. The van der Waals surface area contributed by atoms with Crippen molar-refractivity contribution >= 4 is 0 Å². The van der Waals surface area contributed by atoms with Gasteiger partial charge in [0.25, 0.3) is 0 Å². The van der Waals surface area contributed by atoms with Crippen LogP contribution in [0.25, 0.3) is 0 Å². The Morgan fingerprint density at radius 1 is 0.615 bits per heavy atom. The van der Waals surface area contributed by atoms with Crippen molar-refractivity contribution in [2.75, 3.05) is 0 Å². The highest BCUT2D eigenvalue weighted by Crippen LogP contribution is 2.12. The van der Waals surface area contributed by atoms with Crippen LogP contribution in [-0.4, -0.2) is 0 Å². The molecule has 26 heavy (non-hydrogen) atoms. The summed E-state index contributed by atoms with van der Waals surface area (Å²) in [6, 6.07) is 4.53. The minimum absolute atomic E-state index is 1.19. The van der Waals surface area contributed by atoms with E-state index in [9.17, 15) is 0 Å². The molecule has 1 heterocycles. The fraction of sp³-hybridized carbons (Fsp3) is 0.800. The summed E-state index contributed by atoms with van der Waals surface area (Å²) in [5, 5.41) is 0. The summed E-state index contributed by atoms with van der Waals surface area (Å²) < 4.78 is 2.41. The molecular weight excluding hydrogens is 314 g/mol. The van der Waals surface area contributed by atoms with Crippen LogP contribution < -0.4 is 4.57 Å². The minimum Gasteiger partial charge on any atom is -0.205 e. The summed E-state index contributed by atoms with van der Waals surface area (Å²) in [6.07, 6.45) is 28.4. The Labute approximate surface area is 164 Å². The normalized spacial score (nSPS) is 11.2. The molecule has 0 atom stereocenters. The fourth-order valence-electron chi connectivity index (χ4n) is 3.75. The molecular formula is C25H46N+. The Bertz CT molecular complexity index is 412. The van der Waals surface area contributed by atoms with Crippen LogP contribution in [0.1, 0.15) is 122 Å². The van der Waals surface area contributed by atoms with E-state index in [0.29, 0.717) is 0 Å². The molecule has 1 aromatic rings. The second kappa shape index (κ2) is 17.6. The lowest BCUT2D eigenvalue weighted by Gasteiger charge is -2.03. The summed E-state index contributed by atoms with van der Waals surface area (Å²) in [7, 11) is 0. The van der Waals surface area contributed by atoms with Crippen molar-refractivity contribution in [1.82, 2.24) is 0 Å². The van der Waals surface area contributed by atoms with Crippen molar-refractivity contribution in [3.05, 3.63) is 30.1 Å². The fourth-order valence-corrected chi connectivity index (χ4v) is 3.75. The van der Waals surface area contributed by atoms with Gasteiger partial charge in [0.05, 0.1) is 0 Å². The second-order valence-electron chi connectivity index (χ2n) is 8.15. The van der Waals surface area contributed by atoms with Gasteiger partial charge in [0.1, 0.15) is 6.54 Å². The van der Waals surface area contributed by atoms with E-state index >= 15 is 0 Å². The Balaban J connectivity index is 1.96. The van der Waals surface area contributed by atoms with Crippen molar-refractivity contribution < 1.29 is 4.57 Å². The third-order valence-electron chi connectivity index (χ3n) is 5.51. The number of aromatic nitrogens is 1. The molecule has 0 unspecified atom stereocenters. The number of hydrogen-bond acceptors (Lipinski definition) is 0. The summed E-state index contributed by atoms with van der Waals surface area (Å²) in [5.74, 6) is 0. The molecule has 0 aliphatic carbocycles. The van der Waals surface area contributed by atoms with Crippen molar-refractivity contribution in [2.45, 2.75) is 130 Å². The van der Waals surface area contributed by atoms with E-state index in [-0.39, 0.29) is 0 Å². The molecule has 0 bridgehead atoms. The molecule has 0 saturated heterocycles. The molecule has 0 fully saturated rings. The predicted molar refractivity (Wildman–Crippen MR) is 116 cm³/mol. The highest BCUT2D eigenvalue weighted by atomic mass is 14.9. The van der Waals surface area contributed by atoms with Gasteiger partial charge < -0.3 is 0 Å². The van der Waals surface area contributed by atoms with Gasteiger partial charge in [-0.05, 0) is 25.3 Å². The van der Waals surface area contributed by atoms with Gasteiger partial charge >= 0.3 is 0 Å². The lowest BCUT2D eigenvalue weighted by atomic mass is 10.1. The number of nitrogens with zero attached hydrogens (tertiary/aromatic N) is 1. The van der Waals surface area contributed by atoms with Gasteiger partial charge in [-0.25, -0.2) is 4.57 Å². The van der Waals surface area contributed by atoms with Crippen LogP contribution in [0.15, 0.2) is 24.5 Å². The lowest BCUT2D eigenvalue weighted by Crippen LogP contribution is -2.33. The highest BCUT2D eigenvalue weighted by molar-refractivity contribution is 5.05. The average molecular weight is 361 g/mol. The first-order chi connectivity index (χ1) is 12.9. The molecule has 1 heteroatoms. The molecule has 0 radical (unpaired) electrons. The largest absolute Gasteiger partial charge is 0.205 e. The number of unbranched alkanes of at least 4 members (excludes halogenated alkanes) is 14. The third kappa shape index (κ3) is 13.4. The van der Waals surface area contributed by atoms with Crippen LogP contribution in [0.2, 0.25) is 0 Å².